The number of benzene rings is 1. The summed E-state index contributed by atoms with van der Waals surface area (Å²) in [6.45, 7) is 2.49. The fourth-order valence-electron chi connectivity index (χ4n) is 1.69. The van der Waals surface area contributed by atoms with Crippen LogP contribution in [-0.2, 0) is 4.74 Å². The zero-order valence-electron chi connectivity index (χ0n) is 9.03. The minimum atomic E-state index is -0.382. The Balaban J connectivity index is 2.34. The minimum Gasteiger partial charge on any atom is -0.629 e. The molecule has 1 heterocycles. The number of nitrogens with one attached hydrogen (secondary N) is 1. The molecule has 16 heavy (non-hydrogen) atoms. The van der Waals surface area contributed by atoms with Crippen molar-refractivity contribution in [3.63, 3.8) is 0 Å². The van der Waals surface area contributed by atoms with Crippen molar-refractivity contribution in [2.75, 3.05) is 13.2 Å². The summed E-state index contributed by atoms with van der Waals surface area (Å²) >= 11 is 0. The lowest BCUT2D eigenvalue weighted by atomic mass is 10.1. The van der Waals surface area contributed by atoms with Crippen molar-refractivity contribution in [1.82, 2.24) is 0 Å². The van der Waals surface area contributed by atoms with E-state index in [1.165, 1.54) is 0 Å². The molecule has 84 valence electrons. The first kappa shape index (κ1) is 10.9. The molecule has 0 amide bonds. The van der Waals surface area contributed by atoms with Crippen LogP contribution >= 0.6 is 0 Å². The normalized spacial score (nSPS) is 18.0. The van der Waals surface area contributed by atoms with E-state index < -0.39 is 0 Å². The van der Waals surface area contributed by atoms with E-state index in [1.54, 1.807) is 25.1 Å². The average Bonchev–Trinajstić information content (AvgIpc) is 2.29. The van der Waals surface area contributed by atoms with Crippen molar-refractivity contribution in [2.45, 2.75) is 6.92 Å². The molecule has 0 radical (unpaired) electrons. The fraction of sp³-hybridized carbons (Fsp3) is 0.250. The monoisotopic (exact) mass is 219 g/mol. The van der Waals surface area contributed by atoms with Crippen LogP contribution in [0.15, 0.2) is 24.3 Å². The third-order valence-corrected chi connectivity index (χ3v) is 2.47. The first-order valence-electron chi connectivity index (χ1n) is 5.23. The highest BCUT2D eigenvalue weighted by molar-refractivity contribution is 5.91. The standard InChI is InChI=1S/C12H13NO3/c1-2-16-12(14)10-6-5-9-4-3-7-13(15)11(9)8-10/h3-6,8,13H,2,7H2,1H3. The van der Waals surface area contributed by atoms with Crippen molar-refractivity contribution in [3.8, 4) is 0 Å². The first-order chi connectivity index (χ1) is 7.72. The van der Waals surface area contributed by atoms with Crippen LogP contribution in [0.1, 0.15) is 22.8 Å². The van der Waals surface area contributed by atoms with Crippen LogP contribution in [0.3, 0.4) is 0 Å². The molecule has 0 aromatic heterocycles. The van der Waals surface area contributed by atoms with E-state index in [-0.39, 0.29) is 11.0 Å². The molecule has 4 heteroatoms. The maximum Gasteiger partial charge on any atom is 0.338 e. The van der Waals surface area contributed by atoms with Crippen LogP contribution in [0, 0.1) is 5.21 Å². The largest absolute Gasteiger partial charge is 0.629 e. The van der Waals surface area contributed by atoms with Gasteiger partial charge in [0.05, 0.1) is 12.2 Å². The summed E-state index contributed by atoms with van der Waals surface area (Å²) in [5.74, 6) is -0.382. The number of quaternary nitrogens is 1. The van der Waals surface area contributed by atoms with Crippen LogP contribution in [0.5, 0.6) is 0 Å². The molecule has 0 fully saturated rings. The van der Waals surface area contributed by atoms with Gasteiger partial charge in [0, 0.05) is 11.6 Å². The van der Waals surface area contributed by atoms with Gasteiger partial charge in [-0.05, 0) is 31.2 Å². The molecule has 1 aromatic rings. The lowest BCUT2D eigenvalue weighted by Gasteiger charge is -2.25. The Morgan fingerprint density at radius 2 is 2.38 bits per heavy atom. The van der Waals surface area contributed by atoms with Crippen LogP contribution < -0.4 is 5.06 Å². The number of ether oxygens (including phenoxy) is 1. The van der Waals surface area contributed by atoms with Crippen LogP contribution in [0.25, 0.3) is 6.08 Å². The van der Waals surface area contributed by atoms with E-state index in [4.69, 9.17) is 4.74 Å². The molecule has 4 nitrogen and oxygen atoms in total. The van der Waals surface area contributed by atoms with Crippen molar-refractivity contribution in [1.29, 1.82) is 0 Å². The molecule has 1 unspecified atom stereocenters. The molecule has 0 saturated carbocycles. The molecule has 0 saturated heterocycles. The highest BCUT2D eigenvalue weighted by atomic mass is 16.5. The number of carbonyl (C=O) groups is 1. The third-order valence-electron chi connectivity index (χ3n) is 2.47. The molecule has 1 aliphatic heterocycles. The van der Waals surface area contributed by atoms with E-state index in [1.807, 2.05) is 12.2 Å². The summed E-state index contributed by atoms with van der Waals surface area (Å²) in [5.41, 5.74) is 1.90. The summed E-state index contributed by atoms with van der Waals surface area (Å²) in [7, 11) is 0. The molecule has 1 N–H and O–H groups in total. The van der Waals surface area contributed by atoms with Gasteiger partial charge in [0.15, 0.2) is 0 Å². The summed E-state index contributed by atoms with van der Waals surface area (Å²) in [6.07, 6.45) is 3.72. The predicted octanol–water partition coefficient (Wildman–Crippen LogP) is 0.904. The minimum absolute atomic E-state index is 0.0450. The van der Waals surface area contributed by atoms with Gasteiger partial charge in [0.1, 0.15) is 12.2 Å². The molecule has 1 aromatic carbocycles. The number of hydroxylamine groups is 1. The summed E-state index contributed by atoms with van der Waals surface area (Å²) in [4.78, 5) is 11.5. The van der Waals surface area contributed by atoms with Crippen molar-refractivity contribution in [3.05, 3.63) is 40.6 Å². The predicted molar refractivity (Wildman–Crippen MR) is 60.3 cm³/mol. The van der Waals surface area contributed by atoms with E-state index in [9.17, 15) is 10.0 Å². The third kappa shape index (κ3) is 1.98. The number of rotatable bonds is 2. The Bertz CT molecular complexity index is 440. The van der Waals surface area contributed by atoms with E-state index in [0.717, 1.165) is 5.56 Å². The number of esters is 1. The van der Waals surface area contributed by atoms with Gasteiger partial charge < -0.3 is 15.0 Å². The second kappa shape index (κ2) is 4.47. The van der Waals surface area contributed by atoms with Gasteiger partial charge in [0.25, 0.3) is 0 Å². The summed E-state index contributed by atoms with van der Waals surface area (Å²) in [5, 5.41) is 11.7. The smallest absolute Gasteiger partial charge is 0.338 e. The lowest BCUT2D eigenvalue weighted by Crippen LogP contribution is -3.02. The van der Waals surface area contributed by atoms with Gasteiger partial charge >= 0.3 is 5.97 Å². The van der Waals surface area contributed by atoms with Gasteiger partial charge in [-0.3, -0.25) is 0 Å². The van der Waals surface area contributed by atoms with E-state index in [2.05, 4.69) is 0 Å². The number of fused-ring (bicyclic) bond motifs is 1. The molecule has 0 bridgehead atoms. The first-order valence-corrected chi connectivity index (χ1v) is 5.23. The molecule has 0 aliphatic carbocycles. The van der Waals surface area contributed by atoms with Crippen molar-refractivity contribution < 1.29 is 14.6 Å². The molecule has 2 rings (SSSR count). The van der Waals surface area contributed by atoms with Crippen LogP contribution in [-0.4, -0.2) is 19.1 Å². The van der Waals surface area contributed by atoms with Gasteiger partial charge in [-0.1, -0.05) is 0 Å². The fourth-order valence-corrected chi connectivity index (χ4v) is 1.69. The molecule has 1 atom stereocenters. The highest BCUT2D eigenvalue weighted by Gasteiger charge is 2.15. The van der Waals surface area contributed by atoms with Gasteiger partial charge in [0.2, 0.25) is 0 Å². The molecular formula is C12H13NO3. The van der Waals surface area contributed by atoms with Crippen LogP contribution in [0.2, 0.25) is 0 Å². The summed E-state index contributed by atoms with van der Waals surface area (Å²) in [6, 6.07) is 5.06. The molecular weight excluding hydrogens is 206 g/mol. The second-order valence-corrected chi connectivity index (χ2v) is 3.55. The average molecular weight is 219 g/mol. The van der Waals surface area contributed by atoms with Crippen LogP contribution in [0.4, 0.5) is 5.69 Å². The zero-order valence-corrected chi connectivity index (χ0v) is 9.03. The SMILES string of the molecule is CCOC(=O)c1ccc2c(c1)[NH+]([O-])CC=C2. The Morgan fingerprint density at radius 1 is 1.56 bits per heavy atom. The van der Waals surface area contributed by atoms with Crippen molar-refractivity contribution in [2.24, 2.45) is 0 Å². The Kier molecular flexibility index (Phi) is 3.03. The quantitative estimate of drug-likeness (QED) is 0.594. The van der Waals surface area contributed by atoms with Crippen molar-refractivity contribution >= 4 is 17.7 Å². The molecule has 1 aliphatic rings. The maximum absolute atomic E-state index is 11.6. The Morgan fingerprint density at radius 3 is 3.12 bits per heavy atom. The number of hydrogen-bond donors (Lipinski definition) is 1. The Hall–Kier alpha value is -1.65. The van der Waals surface area contributed by atoms with Gasteiger partial charge in [-0.2, -0.15) is 0 Å². The lowest BCUT2D eigenvalue weighted by molar-refractivity contribution is -0.769. The van der Waals surface area contributed by atoms with Gasteiger partial charge in [-0.15, -0.1) is 0 Å². The molecule has 0 spiro atoms. The zero-order chi connectivity index (χ0) is 11.5. The summed E-state index contributed by atoms with van der Waals surface area (Å²) < 4.78 is 4.89. The van der Waals surface area contributed by atoms with Gasteiger partial charge in [-0.25, -0.2) is 4.79 Å². The Labute approximate surface area is 93.7 Å². The topological polar surface area (TPSA) is 53.8 Å². The maximum atomic E-state index is 11.6. The van der Waals surface area contributed by atoms with E-state index >= 15 is 0 Å². The number of hydrogen-bond acceptors (Lipinski definition) is 3. The highest BCUT2D eigenvalue weighted by Crippen LogP contribution is 2.18. The number of carbonyl (C=O) groups excluding carboxylic acids is 1. The van der Waals surface area contributed by atoms with E-state index in [0.29, 0.717) is 24.4 Å². The second-order valence-electron chi connectivity index (χ2n) is 3.55.